The van der Waals surface area contributed by atoms with E-state index < -0.39 is 11.8 Å². The Kier molecular flexibility index (Phi) is 6.13. The fourth-order valence-electron chi connectivity index (χ4n) is 4.61. The maximum atomic E-state index is 12.6. The van der Waals surface area contributed by atoms with Crippen molar-refractivity contribution in [3.63, 3.8) is 0 Å². The molecule has 5 rings (SSSR count). The summed E-state index contributed by atoms with van der Waals surface area (Å²) in [5.74, 6) is 0.0601. The van der Waals surface area contributed by atoms with Crippen LogP contribution in [0.1, 0.15) is 30.0 Å². The highest BCUT2D eigenvalue weighted by atomic mass is 16.7. The number of hydrogen-bond acceptors (Lipinski definition) is 5. The Morgan fingerprint density at radius 2 is 1.64 bits per heavy atom. The van der Waals surface area contributed by atoms with Crippen LogP contribution >= 0.6 is 0 Å². The molecule has 0 spiro atoms. The van der Waals surface area contributed by atoms with Gasteiger partial charge in [-0.1, -0.05) is 48.5 Å². The predicted molar refractivity (Wildman–Crippen MR) is 125 cm³/mol. The van der Waals surface area contributed by atoms with E-state index in [4.69, 9.17) is 9.47 Å². The first kappa shape index (κ1) is 21.3. The van der Waals surface area contributed by atoms with Gasteiger partial charge in [0.05, 0.1) is 6.04 Å². The van der Waals surface area contributed by atoms with E-state index in [1.165, 1.54) is 16.3 Å². The van der Waals surface area contributed by atoms with Crippen LogP contribution in [0.4, 0.5) is 0 Å². The second kappa shape index (κ2) is 9.50. The van der Waals surface area contributed by atoms with Crippen LogP contribution in [0.3, 0.4) is 0 Å². The zero-order valence-electron chi connectivity index (χ0n) is 18.4. The lowest BCUT2D eigenvalue weighted by atomic mass is 9.97. The lowest BCUT2D eigenvalue weighted by Crippen LogP contribution is -2.43. The lowest BCUT2D eigenvalue weighted by molar-refractivity contribution is -0.139. The summed E-state index contributed by atoms with van der Waals surface area (Å²) < 4.78 is 10.7. The summed E-state index contributed by atoms with van der Waals surface area (Å²) in [7, 11) is 0. The number of ether oxygens (including phenoxy) is 2. The van der Waals surface area contributed by atoms with Gasteiger partial charge in [-0.25, -0.2) is 0 Å². The second-order valence-electron chi connectivity index (χ2n) is 8.41. The first-order valence-corrected chi connectivity index (χ1v) is 11.4. The molecule has 1 fully saturated rings. The fourth-order valence-corrected chi connectivity index (χ4v) is 4.61. The average molecular weight is 446 g/mol. The Labute approximate surface area is 192 Å². The molecule has 0 aliphatic carbocycles. The highest BCUT2D eigenvalue weighted by Gasteiger charge is 2.26. The predicted octanol–water partition coefficient (Wildman–Crippen LogP) is 3.14. The number of benzene rings is 3. The van der Waals surface area contributed by atoms with Crippen molar-refractivity contribution in [2.75, 3.05) is 26.4 Å². The minimum absolute atomic E-state index is 0.0178. The molecule has 2 N–H and O–H groups in total. The van der Waals surface area contributed by atoms with Crippen LogP contribution in [0.15, 0.2) is 60.7 Å². The first-order chi connectivity index (χ1) is 16.2. The largest absolute Gasteiger partial charge is 0.454 e. The Hall–Kier alpha value is -3.58. The van der Waals surface area contributed by atoms with E-state index >= 15 is 0 Å². The van der Waals surface area contributed by atoms with Crippen molar-refractivity contribution < 1.29 is 19.1 Å². The van der Waals surface area contributed by atoms with Crippen molar-refractivity contribution in [3.8, 4) is 11.5 Å². The number of fused-ring (bicyclic) bond motifs is 2. The molecule has 0 radical (unpaired) electrons. The van der Waals surface area contributed by atoms with E-state index in [-0.39, 0.29) is 19.4 Å². The van der Waals surface area contributed by atoms with Crippen molar-refractivity contribution in [1.29, 1.82) is 0 Å². The van der Waals surface area contributed by atoms with Gasteiger partial charge in [0.1, 0.15) is 0 Å². The molecule has 7 nitrogen and oxygen atoms in total. The third-order valence-corrected chi connectivity index (χ3v) is 6.32. The van der Waals surface area contributed by atoms with Gasteiger partial charge in [-0.2, -0.15) is 0 Å². The summed E-state index contributed by atoms with van der Waals surface area (Å²) in [6.07, 6.45) is 2.29. The Bertz CT molecular complexity index is 1170. The highest BCUT2D eigenvalue weighted by Crippen LogP contribution is 2.32. The van der Waals surface area contributed by atoms with Gasteiger partial charge in [0.15, 0.2) is 11.5 Å². The maximum Gasteiger partial charge on any atom is 0.309 e. The van der Waals surface area contributed by atoms with Gasteiger partial charge in [0.25, 0.3) is 0 Å². The summed E-state index contributed by atoms with van der Waals surface area (Å²) >= 11 is 0. The zero-order chi connectivity index (χ0) is 22.6. The third kappa shape index (κ3) is 4.64. The summed E-state index contributed by atoms with van der Waals surface area (Å²) in [6, 6.07) is 20.0. The number of likely N-dealkylation sites (tertiary alicyclic amines) is 1. The number of amides is 2. The minimum atomic E-state index is -0.647. The number of hydrogen-bond donors (Lipinski definition) is 2. The van der Waals surface area contributed by atoms with E-state index in [0.29, 0.717) is 18.0 Å². The van der Waals surface area contributed by atoms with Crippen LogP contribution in [0.5, 0.6) is 11.5 Å². The van der Waals surface area contributed by atoms with Gasteiger partial charge in [-0.15, -0.1) is 0 Å². The molecule has 3 aromatic rings. The van der Waals surface area contributed by atoms with Crippen LogP contribution in [0, 0.1) is 0 Å². The summed E-state index contributed by atoms with van der Waals surface area (Å²) in [4.78, 5) is 27.4. The molecule has 1 saturated heterocycles. The van der Waals surface area contributed by atoms with Gasteiger partial charge in [-0.05, 0) is 60.0 Å². The standard InChI is InChI=1S/C26H27N3O4/c30-25(27-15-18-10-11-23-24(14-18)33-17-32-23)26(31)28-16-22(29-12-3-4-13-29)21-9-5-7-19-6-1-2-8-20(19)21/h1-2,5-11,14,22H,3-4,12-13,15-17H2,(H,27,30)(H,28,31)/t22-/m1/s1. The quantitative estimate of drug-likeness (QED) is 0.570. The molecule has 2 amide bonds. The summed E-state index contributed by atoms with van der Waals surface area (Å²) in [5, 5.41) is 7.91. The van der Waals surface area contributed by atoms with Crippen molar-refractivity contribution in [2.24, 2.45) is 0 Å². The van der Waals surface area contributed by atoms with Crippen LogP contribution in [-0.4, -0.2) is 43.1 Å². The van der Waals surface area contributed by atoms with Crippen LogP contribution in [-0.2, 0) is 16.1 Å². The van der Waals surface area contributed by atoms with Gasteiger partial charge in [-0.3, -0.25) is 14.5 Å². The normalized spacial score (nSPS) is 16.0. The van der Waals surface area contributed by atoms with E-state index in [1.807, 2.05) is 24.3 Å². The Morgan fingerprint density at radius 1 is 0.879 bits per heavy atom. The Balaban J connectivity index is 1.24. The number of rotatable bonds is 6. The van der Waals surface area contributed by atoms with Crippen molar-refractivity contribution in [1.82, 2.24) is 15.5 Å². The van der Waals surface area contributed by atoms with Crippen LogP contribution < -0.4 is 20.1 Å². The van der Waals surface area contributed by atoms with Gasteiger partial charge < -0.3 is 20.1 Å². The molecule has 0 saturated carbocycles. The van der Waals surface area contributed by atoms with Gasteiger partial charge in [0.2, 0.25) is 6.79 Å². The van der Waals surface area contributed by atoms with E-state index in [0.717, 1.165) is 31.5 Å². The number of carbonyl (C=O) groups excluding carboxylic acids is 2. The molecule has 2 aliphatic heterocycles. The number of carbonyl (C=O) groups is 2. The third-order valence-electron chi connectivity index (χ3n) is 6.32. The smallest absolute Gasteiger partial charge is 0.309 e. The second-order valence-corrected chi connectivity index (χ2v) is 8.41. The number of nitrogens with one attached hydrogen (secondary N) is 2. The Morgan fingerprint density at radius 3 is 2.52 bits per heavy atom. The average Bonchev–Trinajstić information content (AvgIpc) is 3.54. The molecule has 0 aromatic heterocycles. The fraction of sp³-hybridized carbons (Fsp3) is 0.308. The molecule has 0 unspecified atom stereocenters. The molecule has 7 heteroatoms. The van der Waals surface area contributed by atoms with Gasteiger partial charge >= 0.3 is 11.8 Å². The SMILES string of the molecule is O=C(NCc1ccc2c(c1)OCO2)C(=O)NC[C@H](c1cccc2ccccc12)N1CCCC1. The van der Waals surface area contributed by atoms with Gasteiger partial charge in [0, 0.05) is 13.1 Å². The first-order valence-electron chi connectivity index (χ1n) is 11.4. The van der Waals surface area contributed by atoms with Crippen molar-refractivity contribution in [2.45, 2.75) is 25.4 Å². The molecule has 2 aliphatic rings. The van der Waals surface area contributed by atoms with E-state index in [9.17, 15) is 9.59 Å². The van der Waals surface area contributed by atoms with E-state index in [1.54, 1.807) is 6.07 Å². The van der Waals surface area contributed by atoms with Crippen LogP contribution in [0.2, 0.25) is 0 Å². The van der Waals surface area contributed by atoms with Crippen molar-refractivity contribution in [3.05, 3.63) is 71.8 Å². The molecular weight excluding hydrogens is 418 g/mol. The minimum Gasteiger partial charge on any atom is -0.454 e. The van der Waals surface area contributed by atoms with Crippen molar-refractivity contribution >= 4 is 22.6 Å². The molecule has 3 aromatic carbocycles. The zero-order valence-corrected chi connectivity index (χ0v) is 18.4. The molecular formula is C26H27N3O4. The summed E-state index contributed by atoms with van der Waals surface area (Å²) in [5.41, 5.74) is 2.02. The van der Waals surface area contributed by atoms with Crippen LogP contribution in [0.25, 0.3) is 10.8 Å². The molecule has 33 heavy (non-hydrogen) atoms. The molecule has 1 atom stereocenters. The lowest BCUT2D eigenvalue weighted by Gasteiger charge is -2.29. The monoisotopic (exact) mass is 445 g/mol. The number of nitrogens with zero attached hydrogens (tertiary/aromatic N) is 1. The molecule has 0 bridgehead atoms. The topological polar surface area (TPSA) is 79.9 Å². The van der Waals surface area contributed by atoms with E-state index in [2.05, 4.69) is 45.9 Å². The molecule has 170 valence electrons. The maximum absolute atomic E-state index is 12.6. The molecule has 2 heterocycles. The highest BCUT2D eigenvalue weighted by molar-refractivity contribution is 6.35. The summed E-state index contributed by atoms with van der Waals surface area (Å²) in [6.45, 7) is 2.79.